The van der Waals surface area contributed by atoms with Gasteiger partial charge < -0.3 is 0 Å². The Morgan fingerprint density at radius 2 is 0.765 bits per heavy atom. The van der Waals surface area contributed by atoms with Crippen molar-refractivity contribution in [3.05, 3.63) is 50.6 Å². The van der Waals surface area contributed by atoms with Gasteiger partial charge in [0.25, 0.3) is 0 Å². The summed E-state index contributed by atoms with van der Waals surface area (Å²) in [6.07, 6.45) is 13.1. The summed E-state index contributed by atoms with van der Waals surface area (Å²) in [5.41, 5.74) is 0. The zero-order chi connectivity index (χ0) is 13.0. The maximum atomic E-state index is 3.88. The summed E-state index contributed by atoms with van der Waals surface area (Å²) < 4.78 is 5.75. The number of hydrogen-bond acceptors (Lipinski definition) is 0. The molecular formula is C16H28Sn. The Morgan fingerprint density at radius 3 is 0.941 bits per heavy atom. The molecule has 0 N–H and O–H groups in total. The van der Waals surface area contributed by atoms with Gasteiger partial charge in [0.2, 0.25) is 0 Å². The molecule has 0 aliphatic heterocycles. The third-order valence-electron chi connectivity index (χ3n) is 3.52. The van der Waals surface area contributed by atoms with E-state index in [1.165, 1.54) is 43.4 Å². The van der Waals surface area contributed by atoms with Crippen molar-refractivity contribution >= 4 is 18.4 Å². The van der Waals surface area contributed by atoms with Crippen LogP contribution < -0.4 is 0 Å². The zero-order valence-electron chi connectivity index (χ0n) is 11.3. The van der Waals surface area contributed by atoms with Crippen molar-refractivity contribution in [1.82, 2.24) is 0 Å². The van der Waals surface area contributed by atoms with E-state index < -0.39 is 18.4 Å². The topological polar surface area (TPSA) is 0 Å². The molecule has 0 radical (unpaired) electrons. The predicted molar refractivity (Wildman–Crippen MR) is 84.2 cm³/mol. The molecule has 0 fully saturated rings. The van der Waals surface area contributed by atoms with Crippen molar-refractivity contribution < 1.29 is 0 Å². The Bertz CT molecular complexity index is 186. The fourth-order valence-corrected chi connectivity index (χ4v) is 16.0. The molecule has 0 spiro atoms. The molecular weight excluding hydrogens is 311 g/mol. The molecule has 0 saturated heterocycles. The number of hydrogen-bond donors (Lipinski definition) is 0. The van der Waals surface area contributed by atoms with Gasteiger partial charge in [-0.2, -0.15) is 0 Å². The maximum absolute atomic E-state index is 3.88. The van der Waals surface area contributed by atoms with Crippen LogP contribution >= 0.6 is 0 Å². The first-order valence-corrected chi connectivity index (χ1v) is 14.8. The molecule has 17 heavy (non-hydrogen) atoms. The van der Waals surface area contributed by atoms with Crippen molar-refractivity contribution in [2.75, 3.05) is 0 Å². The second kappa shape index (κ2) is 10.9. The molecule has 0 rings (SSSR count). The van der Waals surface area contributed by atoms with Crippen LogP contribution in [0.4, 0.5) is 0 Å². The van der Waals surface area contributed by atoms with Crippen LogP contribution in [0.5, 0.6) is 0 Å². The number of allylic oxidation sites excluding steroid dienone is 4. The van der Waals surface area contributed by atoms with E-state index in [-0.39, 0.29) is 0 Å². The molecule has 96 valence electrons. The van der Waals surface area contributed by atoms with Crippen molar-refractivity contribution in [1.29, 1.82) is 0 Å². The van der Waals surface area contributed by atoms with E-state index >= 15 is 0 Å². The quantitative estimate of drug-likeness (QED) is 0.314. The van der Waals surface area contributed by atoms with Crippen LogP contribution in [0.2, 0.25) is 17.7 Å². The molecule has 0 heterocycles. The third kappa shape index (κ3) is 7.64. The van der Waals surface area contributed by atoms with E-state index in [2.05, 4.69) is 50.6 Å². The Hall–Kier alpha value is -0.241. The van der Waals surface area contributed by atoms with Crippen LogP contribution in [0.1, 0.15) is 25.7 Å². The van der Waals surface area contributed by atoms with Gasteiger partial charge in [-0.1, -0.05) is 0 Å². The summed E-state index contributed by atoms with van der Waals surface area (Å²) in [6, 6.07) is 0. The molecule has 0 atom stereocenters. The predicted octanol–water partition coefficient (Wildman–Crippen LogP) is 5.74. The SMILES string of the molecule is C=CC[CH2][Sn]([CH2]CC=C)([CH2]CC=C)[CH2]CC=C. The molecule has 0 aliphatic rings. The van der Waals surface area contributed by atoms with Crippen LogP contribution in [0.3, 0.4) is 0 Å². The normalized spacial score (nSPS) is 10.8. The molecule has 0 bridgehead atoms. The van der Waals surface area contributed by atoms with Gasteiger partial charge in [-0.3, -0.25) is 0 Å². The van der Waals surface area contributed by atoms with Gasteiger partial charge in [0.15, 0.2) is 0 Å². The van der Waals surface area contributed by atoms with E-state index in [0.717, 1.165) is 0 Å². The summed E-state index contributed by atoms with van der Waals surface area (Å²) in [6.45, 7) is 15.5. The Balaban J connectivity index is 4.59. The minimum atomic E-state index is -1.98. The van der Waals surface area contributed by atoms with E-state index in [1.54, 1.807) is 0 Å². The Labute approximate surface area is 112 Å². The second-order valence-electron chi connectivity index (χ2n) is 4.81. The first kappa shape index (κ1) is 16.8. The van der Waals surface area contributed by atoms with Crippen LogP contribution in [0.15, 0.2) is 50.6 Å². The van der Waals surface area contributed by atoms with E-state index in [1.807, 2.05) is 0 Å². The molecule has 0 unspecified atom stereocenters. The zero-order valence-corrected chi connectivity index (χ0v) is 14.1. The fourth-order valence-electron chi connectivity index (χ4n) is 2.38. The van der Waals surface area contributed by atoms with Crippen molar-refractivity contribution in [2.24, 2.45) is 0 Å². The first-order chi connectivity index (χ1) is 8.24. The summed E-state index contributed by atoms with van der Waals surface area (Å²) >= 11 is -1.98. The molecule has 0 aromatic rings. The average molecular weight is 339 g/mol. The van der Waals surface area contributed by atoms with Crippen molar-refractivity contribution in [3.8, 4) is 0 Å². The van der Waals surface area contributed by atoms with Crippen LogP contribution in [0, 0.1) is 0 Å². The molecule has 0 nitrogen and oxygen atoms in total. The summed E-state index contributed by atoms with van der Waals surface area (Å²) in [7, 11) is 0. The summed E-state index contributed by atoms with van der Waals surface area (Å²) in [5, 5.41) is 0. The van der Waals surface area contributed by atoms with Gasteiger partial charge in [-0.05, 0) is 0 Å². The van der Waals surface area contributed by atoms with E-state index in [0.29, 0.717) is 0 Å². The monoisotopic (exact) mass is 340 g/mol. The van der Waals surface area contributed by atoms with Crippen LogP contribution in [-0.2, 0) is 0 Å². The van der Waals surface area contributed by atoms with Crippen molar-refractivity contribution in [2.45, 2.75) is 43.4 Å². The molecule has 0 amide bonds. The molecule has 1 heteroatoms. The summed E-state index contributed by atoms with van der Waals surface area (Å²) in [4.78, 5) is 0. The molecule has 0 aromatic carbocycles. The molecule has 0 aromatic heterocycles. The third-order valence-corrected chi connectivity index (χ3v) is 18.9. The van der Waals surface area contributed by atoms with Crippen LogP contribution in [0.25, 0.3) is 0 Å². The molecule has 0 saturated carbocycles. The van der Waals surface area contributed by atoms with Gasteiger partial charge >= 0.3 is 112 Å². The van der Waals surface area contributed by atoms with Gasteiger partial charge in [0.05, 0.1) is 0 Å². The average Bonchev–Trinajstić information content (AvgIpc) is 2.37. The molecule has 0 aliphatic carbocycles. The summed E-state index contributed by atoms with van der Waals surface area (Å²) in [5.74, 6) is 0. The van der Waals surface area contributed by atoms with Gasteiger partial charge in [-0.15, -0.1) is 0 Å². The van der Waals surface area contributed by atoms with Gasteiger partial charge in [0.1, 0.15) is 0 Å². The Morgan fingerprint density at radius 1 is 0.529 bits per heavy atom. The minimum absolute atomic E-state index is 1.20. The van der Waals surface area contributed by atoms with Crippen LogP contribution in [-0.4, -0.2) is 18.4 Å². The van der Waals surface area contributed by atoms with E-state index in [9.17, 15) is 0 Å². The second-order valence-corrected chi connectivity index (χ2v) is 19.1. The van der Waals surface area contributed by atoms with Crippen molar-refractivity contribution in [3.63, 3.8) is 0 Å². The fraction of sp³-hybridized carbons (Fsp3) is 0.500. The number of rotatable bonds is 12. The Kier molecular flexibility index (Phi) is 10.7. The standard InChI is InChI=1S/4C4H7.Sn/c4*1-3-4-2;/h4*3H,1-2,4H2;. The van der Waals surface area contributed by atoms with E-state index in [4.69, 9.17) is 0 Å². The first-order valence-electron chi connectivity index (χ1n) is 6.68. The van der Waals surface area contributed by atoms with Gasteiger partial charge in [-0.25, -0.2) is 0 Å². The van der Waals surface area contributed by atoms with Gasteiger partial charge in [0, 0.05) is 0 Å².